The van der Waals surface area contributed by atoms with Crippen molar-refractivity contribution in [3.8, 4) is 11.5 Å². The Morgan fingerprint density at radius 3 is 2.77 bits per heavy atom. The number of hydrogen-bond acceptors (Lipinski definition) is 7. The summed E-state index contributed by atoms with van der Waals surface area (Å²) in [6, 6.07) is 10.9. The monoisotopic (exact) mass is 540 g/mol. The molecule has 2 N–H and O–H groups in total. The summed E-state index contributed by atoms with van der Waals surface area (Å²) in [6.45, 7) is 8.69. The average Bonchev–Trinajstić information content (AvgIpc) is 3.26. The van der Waals surface area contributed by atoms with Crippen LogP contribution in [0.2, 0.25) is 0 Å². The third-order valence-corrected chi connectivity index (χ3v) is 6.33. The van der Waals surface area contributed by atoms with E-state index in [9.17, 15) is 4.79 Å². The second-order valence-corrected chi connectivity index (χ2v) is 9.76. The molecule has 1 atom stereocenters. The van der Waals surface area contributed by atoms with Gasteiger partial charge < -0.3 is 20.1 Å². The van der Waals surface area contributed by atoms with Crippen molar-refractivity contribution in [2.24, 2.45) is 5.92 Å². The summed E-state index contributed by atoms with van der Waals surface area (Å²) in [5, 5.41) is 18.2. The number of nitrogens with zero attached hydrogens (tertiary/aromatic N) is 4. The van der Waals surface area contributed by atoms with Crippen molar-refractivity contribution in [2.45, 2.75) is 40.2 Å². The van der Waals surface area contributed by atoms with E-state index in [2.05, 4.69) is 55.9 Å². The number of hydrogen-bond donors (Lipinski definition) is 2. The maximum Gasteiger partial charge on any atom is 0.255 e. The Morgan fingerprint density at radius 1 is 1.26 bits per heavy atom. The summed E-state index contributed by atoms with van der Waals surface area (Å²) in [4.78, 5) is 13.6. The largest absolute Gasteiger partial charge is 0.493 e. The molecule has 2 heterocycles. The first kappa shape index (κ1) is 24.7. The second kappa shape index (κ2) is 10.5. The number of amides is 1. The molecule has 0 saturated heterocycles. The smallest absolute Gasteiger partial charge is 0.255 e. The Kier molecular flexibility index (Phi) is 7.39. The van der Waals surface area contributed by atoms with Crippen LogP contribution in [0.25, 0.3) is 0 Å². The van der Waals surface area contributed by atoms with E-state index in [0.29, 0.717) is 46.9 Å². The lowest BCUT2D eigenvalue weighted by atomic mass is 9.94. The van der Waals surface area contributed by atoms with Gasteiger partial charge in [0.2, 0.25) is 5.95 Å². The number of ether oxygens (including phenoxy) is 2. The molecule has 4 rings (SSSR count). The highest BCUT2D eigenvalue weighted by Gasteiger charge is 2.35. The number of allylic oxidation sites excluding steroid dienone is 1. The highest BCUT2D eigenvalue weighted by atomic mass is 79.9. The number of methoxy groups -OCH3 is 1. The lowest BCUT2D eigenvalue weighted by Crippen LogP contribution is -2.31. The van der Waals surface area contributed by atoms with Crippen LogP contribution in [0.4, 0.5) is 11.6 Å². The number of fused-ring (bicyclic) bond motifs is 1. The standard InChI is InChI=1S/C25H29BrN6O3/c1-14(2)9-10-35-23-19(26)12-17(13-20(23)34-5)22-21(16(4)27-25-29-30-31-32(22)25)24(33)28-18-8-6-7-15(3)11-18/h6-8,11-14,22H,9-10H2,1-5H3,(H,28,33)(H,27,29,31). The molecule has 184 valence electrons. The third-order valence-electron chi connectivity index (χ3n) is 5.74. The van der Waals surface area contributed by atoms with E-state index < -0.39 is 6.04 Å². The number of anilines is 2. The van der Waals surface area contributed by atoms with E-state index in [1.54, 1.807) is 11.8 Å². The fraction of sp³-hybridized carbons (Fsp3) is 0.360. The predicted molar refractivity (Wildman–Crippen MR) is 138 cm³/mol. The minimum Gasteiger partial charge on any atom is -0.493 e. The molecular weight excluding hydrogens is 512 g/mol. The number of rotatable bonds is 8. The fourth-order valence-corrected chi connectivity index (χ4v) is 4.54. The quantitative estimate of drug-likeness (QED) is 0.409. The van der Waals surface area contributed by atoms with Crippen molar-refractivity contribution in [1.29, 1.82) is 0 Å². The number of nitrogens with one attached hydrogen (secondary N) is 2. The van der Waals surface area contributed by atoms with E-state index in [1.807, 2.05) is 50.2 Å². The fourth-order valence-electron chi connectivity index (χ4n) is 3.97. The molecule has 9 nitrogen and oxygen atoms in total. The molecule has 1 amide bonds. The van der Waals surface area contributed by atoms with E-state index in [0.717, 1.165) is 22.0 Å². The number of carbonyl (C=O) groups excluding carboxylic acids is 1. The van der Waals surface area contributed by atoms with Gasteiger partial charge in [-0.15, -0.1) is 0 Å². The summed E-state index contributed by atoms with van der Waals surface area (Å²) in [5.41, 5.74) is 3.69. The van der Waals surface area contributed by atoms with Crippen molar-refractivity contribution in [2.75, 3.05) is 24.4 Å². The SMILES string of the molecule is COc1cc(C2C(C(=O)Nc3cccc(C)c3)=C(C)Nc3nnnn32)cc(Br)c1OCCC(C)C. The van der Waals surface area contributed by atoms with Gasteiger partial charge in [0.05, 0.1) is 23.8 Å². The number of aryl methyl sites for hydroxylation is 1. The van der Waals surface area contributed by atoms with E-state index in [4.69, 9.17) is 9.47 Å². The van der Waals surface area contributed by atoms with Gasteiger partial charge in [-0.3, -0.25) is 4.79 Å². The molecule has 1 aliphatic heterocycles. The van der Waals surface area contributed by atoms with E-state index >= 15 is 0 Å². The number of benzene rings is 2. The Hall–Kier alpha value is -3.40. The normalized spacial score (nSPS) is 15.0. The Morgan fingerprint density at radius 2 is 2.06 bits per heavy atom. The van der Waals surface area contributed by atoms with E-state index in [-0.39, 0.29) is 5.91 Å². The van der Waals surface area contributed by atoms with E-state index in [1.165, 1.54) is 0 Å². The molecule has 0 bridgehead atoms. The van der Waals surface area contributed by atoms with Gasteiger partial charge in [0.1, 0.15) is 6.04 Å². The zero-order valence-electron chi connectivity index (χ0n) is 20.4. The van der Waals surface area contributed by atoms with Crippen LogP contribution < -0.4 is 20.1 Å². The average molecular weight is 541 g/mol. The number of aromatic nitrogens is 4. The van der Waals surface area contributed by atoms with Gasteiger partial charge in [-0.05, 0) is 87.9 Å². The van der Waals surface area contributed by atoms with Crippen LogP contribution in [0.5, 0.6) is 11.5 Å². The molecule has 10 heteroatoms. The predicted octanol–water partition coefficient (Wildman–Crippen LogP) is 5.11. The molecule has 0 aliphatic carbocycles. The lowest BCUT2D eigenvalue weighted by molar-refractivity contribution is -0.113. The van der Waals surface area contributed by atoms with Gasteiger partial charge in [0, 0.05) is 11.4 Å². The molecule has 0 spiro atoms. The molecule has 0 fully saturated rings. The van der Waals surface area contributed by atoms with Crippen molar-refractivity contribution in [1.82, 2.24) is 20.2 Å². The third kappa shape index (κ3) is 5.32. The van der Waals surface area contributed by atoms with Crippen LogP contribution in [0.15, 0.2) is 52.1 Å². The number of tetrazole rings is 1. The van der Waals surface area contributed by atoms with Gasteiger partial charge >= 0.3 is 0 Å². The Bertz CT molecular complexity index is 1270. The molecule has 0 radical (unpaired) electrons. The molecule has 1 aromatic heterocycles. The summed E-state index contributed by atoms with van der Waals surface area (Å²) >= 11 is 3.64. The molecular formula is C25H29BrN6O3. The molecule has 3 aromatic rings. The van der Waals surface area contributed by atoms with Gasteiger partial charge in [0.15, 0.2) is 11.5 Å². The molecule has 0 saturated carbocycles. The molecule has 35 heavy (non-hydrogen) atoms. The van der Waals surface area contributed by atoms with Crippen molar-refractivity contribution >= 4 is 33.5 Å². The summed E-state index contributed by atoms with van der Waals surface area (Å²) in [5.74, 6) is 1.90. The van der Waals surface area contributed by atoms with Gasteiger partial charge in [-0.1, -0.05) is 31.1 Å². The first-order chi connectivity index (χ1) is 16.8. The van der Waals surface area contributed by atoms with Gasteiger partial charge in [-0.2, -0.15) is 4.68 Å². The lowest BCUT2D eigenvalue weighted by Gasteiger charge is -2.28. The highest BCUT2D eigenvalue weighted by Crippen LogP contribution is 2.42. The minimum atomic E-state index is -0.582. The summed E-state index contributed by atoms with van der Waals surface area (Å²) in [7, 11) is 1.60. The van der Waals surface area contributed by atoms with Gasteiger partial charge in [0.25, 0.3) is 5.91 Å². The first-order valence-electron chi connectivity index (χ1n) is 11.4. The number of halogens is 1. The minimum absolute atomic E-state index is 0.251. The van der Waals surface area contributed by atoms with Crippen molar-refractivity contribution in [3.63, 3.8) is 0 Å². The van der Waals surface area contributed by atoms with Crippen molar-refractivity contribution < 1.29 is 14.3 Å². The molecule has 1 aliphatic rings. The Labute approximate surface area is 213 Å². The first-order valence-corrected chi connectivity index (χ1v) is 12.2. The maximum atomic E-state index is 13.6. The van der Waals surface area contributed by atoms with Gasteiger partial charge in [-0.25, -0.2) is 0 Å². The maximum absolute atomic E-state index is 13.6. The van der Waals surface area contributed by atoms with Crippen LogP contribution in [0.1, 0.15) is 44.4 Å². The highest BCUT2D eigenvalue weighted by molar-refractivity contribution is 9.10. The summed E-state index contributed by atoms with van der Waals surface area (Å²) < 4.78 is 14.0. The van der Waals surface area contributed by atoms with Crippen molar-refractivity contribution in [3.05, 3.63) is 63.3 Å². The zero-order valence-corrected chi connectivity index (χ0v) is 22.0. The topological polar surface area (TPSA) is 103 Å². The summed E-state index contributed by atoms with van der Waals surface area (Å²) in [6.07, 6.45) is 0.921. The van der Waals surface area contributed by atoms with Crippen LogP contribution in [-0.2, 0) is 4.79 Å². The second-order valence-electron chi connectivity index (χ2n) is 8.90. The van der Waals surface area contributed by atoms with Crippen LogP contribution in [0, 0.1) is 12.8 Å². The van der Waals surface area contributed by atoms with Crippen LogP contribution in [0.3, 0.4) is 0 Å². The molecule has 1 unspecified atom stereocenters. The number of carbonyl (C=O) groups is 1. The Balaban J connectivity index is 1.74. The van der Waals surface area contributed by atoms with Crippen LogP contribution in [-0.4, -0.2) is 39.8 Å². The zero-order chi connectivity index (χ0) is 25.1. The molecule has 2 aromatic carbocycles. The van der Waals surface area contributed by atoms with Crippen LogP contribution >= 0.6 is 15.9 Å².